The van der Waals surface area contributed by atoms with Gasteiger partial charge in [0.1, 0.15) is 6.61 Å². The zero-order valence-electron chi connectivity index (χ0n) is 12.7. The Hall–Kier alpha value is -2.49. The molecule has 1 aliphatic rings. The summed E-state index contributed by atoms with van der Waals surface area (Å²) in [7, 11) is 0. The first-order chi connectivity index (χ1) is 10.8. The van der Waals surface area contributed by atoms with Crippen molar-refractivity contribution in [3.63, 3.8) is 0 Å². The van der Waals surface area contributed by atoms with Crippen molar-refractivity contribution in [1.82, 2.24) is 9.55 Å². The van der Waals surface area contributed by atoms with Gasteiger partial charge in [0.25, 0.3) is 0 Å². The Labute approximate surface area is 129 Å². The summed E-state index contributed by atoms with van der Waals surface area (Å²) in [6, 6.07) is 14.1. The molecule has 1 unspecified atom stereocenters. The Morgan fingerprint density at radius 2 is 2.00 bits per heavy atom. The average molecular weight is 294 g/mol. The molecule has 0 N–H and O–H groups in total. The minimum atomic E-state index is -0.178. The normalized spacial score (nSPS) is 16.9. The summed E-state index contributed by atoms with van der Waals surface area (Å²) in [4.78, 5) is 4.78. The summed E-state index contributed by atoms with van der Waals surface area (Å²) in [6.07, 6.45) is -0.178. The molecule has 3 aromatic rings. The molecule has 0 saturated carbocycles. The van der Waals surface area contributed by atoms with Crippen LogP contribution in [-0.2, 0) is 6.54 Å². The smallest absolute Gasteiger partial charge is 0.190 e. The fourth-order valence-electron chi connectivity index (χ4n) is 2.98. The van der Waals surface area contributed by atoms with E-state index in [9.17, 15) is 0 Å². The van der Waals surface area contributed by atoms with Crippen molar-refractivity contribution in [3.05, 3.63) is 53.9 Å². The highest BCUT2D eigenvalue weighted by Crippen LogP contribution is 2.36. The zero-order valence-corrected chi connectivity index (χ0v) is 12.7. The maximum absolute atomic E-state index is 6.11. The van der Waals surface area contributed by atoms with Gasteiger partial charge in [-0.1, -0.05) is 18.2 Å². The van der Waals surface area contributed by atoms with E-state index in [4.69, 9.17) is 14.5 Å². The van der Waals surface area contributed by atoms with Crippen LogP contribution in [0.1, 0.15) is 24.4 Å². The second kappa shape index (κ2) is 5.05. The summed E-state index contributed by atoms with van der Waals surface area (Å²) in [5.41, 5.74) is 3.39. The molecular weight excluding hydrogens is 276 g/mol. The molecule has 0 spiro atoms. The number of benzene rings is 2. The van der Waals surface area contributed by atoms with Gasteiger partial charge in [-0.2, -0.15) is 0 Å². The van der Waals surface area contributed by atoms with Crippen molar-refractivity contribution in [3.8, 4) is 11.5 Å². The molecular formula is C18H18N2O2. The molecule has 112 valence electrons. The third-order valence-corrected chi connectivity index (χ3v) is 4.05. The van der Waals surface area contributed by atoms with E-state index in [-0.39, 0.29) is 6.10 Å². The number of imidazole rings is 1. The lowest BCUT2D eigenvalue weighted by atomic mass is 10.2. The van der Waals surface area contributed by atoms with Crippen LogP contribution in [0, 0.1) is 6.92 Å². The Morgan fingerprint density at radius 1 is 1.18 bits per heavy atom. The van der Waals surface area contributed by atoms with Crippen molar-refractivity contribution < 1.29 is 9.47 Å². The van der Waals surface area contributed by atoms with E-state index >= 15 is 0 Å². The molecule has 0 fully saturated rings. The van der Waals surface area contributed by atoms with Crippen LogP contribution in [0.4, 0.5) is 0 Å². The molecule has 0 amide bonds. The Morgan fingerprint density at radius 3 is 2.82 bits per heavy atom. The van der Waals surface area contributed by atoms with Crippen molar-refractivity contribution in [2.24, 2.45) is 0 Å². The molecule has 0 bridgehead atoms. The summed E-state index contributed by atoms with van der Waals surface area (Å²) in [5.74, 6) is 2.51. The predicted octanol–water partition coefficient (Wildman–Crippen LogP) is 3.88. The van der Waals surface area contributed by atoms with Gasteiger partial charge >= 0.3 is 0 Å². The van der Waals surface area contributed by atoms with Gasteiger partial charge in [0, 0.05) is 6.54 Å². The average Bonchev–Trinajstić information content (AvgIpc) is 2.92. The summed E-state index contributed by atoms with van der Waals surface area (Å²) in [6.45, 7) is 5.57. The highest BCUT2D eigenvalue weighted by Gasteiger charge is 2.27. The quantitative estimate of drug-likeness (QED) is 0.719. The number of aryl methyl sites for hydroxylation is 2. The standard InChI is InChI=1S/C18H18N2O2/c1-3-20-14-10-12(2)8-9-13(14)19-18(20)17-11-21-15-6-4-5-7-16(15)22-17/h4-10,17H,3,11H2,1-2H3. The number of hydrogen-bond donors (Lipinski definition) is 0. The van der Waals surface area contributed by atoms with Crippen LogP contribution in [-0.4, -0.2) is 16.2 Å². The van der Waals surface area contributed by atoms with E-state index in [1.165, 1.54) is 5.56 Å². The zero-order chi connectivity index (χ0) is 15.1. The van der Waals surface area contributed by atoms with E-state index in [0.29, 0.717) is 6.61 Å². The first-order valence-electron chi connectivity index (χ1n) is 7.61. The molecule has 2 aromatic carbocycles. The Bertz CT molecular complexity index is 838. The van der Waals surface area contributed by atoms with Crippen LogP contribution < -0.4 is 9.47 Å². The third-order valence-electron chi connectivity index (χ3n) is 4.05. The number of aromatic nitrogens is 2. The van der Waals surface area contributed by atoms with E-state index in [2.05, 4.69) is 36.6 Å². The molecule has 0 aliphatic carbocycles. The maximum Gasteiger partial charge on any atom is 0.190 e. The topological polar surface area (TPSA) is 36.3 Å². The third kappa shape index (κ3) is 2.03. The van der Waals surface area contributed by atoms with Crippen LogP contribution >= 0.6 is 0 Å². The molecule has 4 heteroatoms. The van der Waals surface area contributed by atoms with Crippen LogP contribution in [0.2, 0.25) is 0 Å². The Kier molecular flexibility index (Phi) is 3.03. The maximum atomic E-state index is 6.11. The van der Waals surface area contributed by atoms with Gasteiger partial charge in [0.15, 0.2) is 23.4 Å². The van der Waals surface area contributed by atoms with Gasteiger partial charge in [0.05, 0.1) is 11.0 Å². The summed E-state index contributed by atoms with van der Waals surface area (Å²) < 4.78 is 14.2. The van der Waals surface area contributed by atoms with E-state index < -0.39 is 0 Å². The first kappa shape index (κ1) is 13.2. The fourth-order valence-corrected chi connectivity index (χ4v) is 2.98. The van der Waals surface area contributed by atoms with Crippen LogP contribution in [0.25, 0.3) is 11.0 Å². The lowest BCUT2D eigenvalue weighted by molar-refractivity contribution is 0.0829. The number of para-hydroxylation sites is 2. The summed E-state index contributed by atoms with van der Waals surface area (Å²) >= 11 is 0. The second-order valence-electron chi connectivity index (χ2n) is 5.57. The molecule has 4 nitrogen and oxygen atoms in total. The van der Waals surface area contributed by atoms with Crippen molar-refractivity contribution in [2.45, 2.75) is 26.5 Å². The first-order valence-corrected chi connectivity index (χ1v) is 7.61. The lowest BCUT2D eigenvalue weighted by Gasteiger charge is -2.26. The van der Waals surface area contributed by atoms with Crippen molar-refractivity contribution in [1.29, 1.82) is 0 Å². The molecule has 1 aliphatic heterocycles. The van der Waals surface area contributed by atoms with Gasteiger partial charge in [-0.25, -0.2) is 4.98 Å². The molecule has 0 saturated heterocycles. The second-order valence-corrected chi connectivity index (χ2v) is 5.57. The fraction of sp³-hybridized carbons (Fsp3) is 0.278. The molecule has 0 radical (unpaired) electrons. The number of fused-ring (bicyclic) bond motifs is 2. The van der Waals surface area contributed by atoms with Crippen LogP contribution in [0.15, 0.2) is 42.5 Å². The van der Waals surface area contributed by atoms with Gasteiger partial charge in [-0.15, -0.1) is 0 Å². The highest BCUT2D eigenvalue weighted by atomic mass is 16.6. The van der Waals surface area contributed by atoms with E-state index in [1.54, 1.807) is 0 Å². The van der Waals surface area contributed by atoms with Gasteiger partial charge < -0.3 is 14.0 Å². The van der Waals surface area contributed by atoms with E-state index in [0.717, 1.165) is 34.9 Å². The number of nitrogens with zero attached hydrogens (tertiary/aromatic N) is 2. The Balaban J connectivity index is 1.78. The van der Waals surface area contributed by atoms with Crippen LogP contribution in [0.3, 0.4) is 0 Å². The monoisotopic (exact) mass is 294 g/mol. The number of rotatable bonds is 2. The number of ether oxygens (including phenoxy) is 2. The van der Waals surface area contributed by atoms with Gasteiger partial charge in [-0.05, 0) is 43.7 Å². The minimum Gasteiger partial charge on any atom is -0.485 e. The van der Waals surface area contributed by atoms with E-state index in [1.807, 2.05) is 24.3 Å². The lowest BCUT2D eigenvalue weighted by Crippen LogP contribution is -2.24. The highest BCUT2D eigenvalue weighted by molar-refractivity contribution is 5.77. The molecule has 2 heterocycles. The molecule has 22 heavy (non-hydrogen) atoms. The van der Waals surface area contributed by atoms with Gasteiger partial charge in [0.2, 0.25) is 0 Å². The largest absolute Gasteiger partial charge is 0.485 e. The van der Waals surface area contributed by atoms with Crippen molar-refractivity contribution >= 4 is 11.0 Å². The minimum absolute atomic E-state index is 0.178. The SMILES string of the molecule is CCn1c(C2COc3ccccc3O2)nc2ccc(C)cc21. The summed E-state index contributed by atoms with van der Waals surface area (Å²) in [5, 5.41) is 0. The predicted molar refractivity (Wildman–Crippen MR) is 85.5 cm³/mol. The molecule has 1 aromatic heterocycles. The van der Waals surface area contributed by atoms with Crippen LogP contribution in [0.5, 0.6) is 11.5 Å². The molecule has 1 atom stereocenters. The van der Waals surface area contributed by atoms with Crippen molar-refractivity contribution in [2.75, 3.05) is 6.61 Å². The van der Waals surface area contributed by atoms with Gasteiger partial charge in [-0.3, -0.25) is 0 Å². The number of hydrogen-bond acceptors (Lipinski definition) is 3. The molecule has 4 rings (SSSR count).